The predicted molar refractivity (Wildman–Crippen MR) is 78.6 cm³/mol. The second kappa shape index (κ2) is 6.44. The third-order valence-electron chi connectivity index (χ3n) is 2.43. The van der Waals surface area contributed by atoms with Gasteiger partial charge in [0.05, 0.1) is 10.5 Å². The molecule has 0 unspecified atom stereocenters. The summed E-state index contributed by atoms with van der Waals surface area (Å²) in [5, 5.41) is 0.731. The largest absolute Gasteiger partial charge is 0.357 e. The van der Waals surface area contributed by atoms with E-state index in [2.05, 4.69) is 4.84 Å². The standard InChI is InChI=1S/C13H9Cl2NO4S/c14-10-4-6-12(7-5-10)21(18,19)16-20-13(17)9-2-1-3-11(15)8-9/h1-8,16H. The molecule has 0 amide bonds. The molecule has 0 aliphatic carbocycles. The van der Waals surface area contributed by atoms with E-state index in [1.54, 1.807) is 17.0 Å². The van der Waals surface area contributed by atoms with E-state index >= 15 is 0 Å². The van der Waals surface area contributed by atoms with Gasteiger partial charge in [-0.3, -0.25) is 0 Å². The third-order valence-corrected chi connectivity index (χ3v) is 4.11. The minimum Gasteiger partial charge on any atom is -0.351 e. The summed E-state index contributed by atoms with van der Waals surface area (Å²) in [4.78, 5) is 17.9. The maximum atomic E-state index is 11.9. The number of hydrogen-bond acceptors (Lipinski definition) is 4. The van der Waals surface area contributed by atoms with Gasteiger partial charge >= 0.3 is 5.97 Å². The summed E-state index contributed by atoms with van der Waals surface area (Å²) < 4.78 is 23.8. The lowest BCUT2D eigenvalue weighted by molar-refractivity contribution is 0.0407. The van der Waals surface area contributed by atoms with Gasteiger partial charge in [-0.1, -0.05) is 29.3 Å². The van der Waals surface area contributed by atoms with Gasteiger partial charge in [-0.25, -0.2) is 13.2 Å². The zero-order chi connectivity index (χ0) is 15.5. The van der Waals surface area contributed by atoms with Crippen LogP contribution in [0.5, 0.6) is 0 Å². The molecule has 21 heavy (non-hydrogen) atoms. The molecular formula is C13H9Cl2NO4S. The third kappa shape index (κ3) is 4.18. The van der Waals surface area contributed by atoms with Crippen LogP contribution < -0.4 is 4.89 Å². The SMILES string of the molecule is O=C(ONS(=O)(=O)c1ccc(Cl)cc1)c1cccc(Cl)c1. The molecule has 5 nitrogen and oxygen atoms in total. The van der Waals surface area contributed by atoms with Crippen molar-refractivity contribution in [1.29, 1.82) is 0 Å². The van der Waals surface area contributed by atoms with E-state index < -0.39 is 16.0 Å². The number of carbonyl (C=O) groups is 1. The van der Waals surface area contributed by atoms with Crippen LogP contribution in [0.15, 0.2) is 53.4 Å². The molecule has 8 heteroatoms. The van der Waals surface area contributed by atoms with Gasteiger partial charge in [0, 0.05) is 10.0 Å². The van der Waals surface area contributed by atoms with Gasteiger partial charge in [0.15, 0.2) is 0 Å². The lowest BCUT2D eigenvalue weighted by Crippen LogP contribution is -2.27. The topological polar surface area (TPSA) is 72.5 Å². The second-order valence-corrected chi connectivity index (χ2v) is 6.46. The summed E-state index contributed by atoms with van der Waals surface area (Å²) in [7, 11) is -3.97. The molecule has 0 radical (unpaired) electrons. The molecule has 0 atom stereocenters. The first-order valence-electron chi connectivity index (χ1n) is 5.62. The molecule has 2 aromatic rings. The van der Waals surface area contributed by atoms with Crippen molar-refractivity contribution in [2.24, 2.45) is 0 Å². The van der Waals surface area contributed by atoms with Crippen LogP contribution in [0.2, 0.25) is 10.0 Å². The zero-order valence-electron chi connectivity index (χ0n) is 10.4. The van der Waals surface area contributed by atoms with Crippen LogP contribution in [0, 0.1) is 0 Å². The fraction of sp³-hybridized carbons (Fsp3) is 0. The molecule has 0 saturated carbocycles. The first-order valence-corrected chi connectivity index (χ1v) is 7.86. The zero-order valence-corrected chi connectivity index (χ0v) is 12.7. The van der Waals surface area contributed by atoms with Gasteiger partial charge in [-0.05, 0) is 47.3 Å². The molecule has 110 valence electrons. The fourth-order valence-electron chi connectivity index (χ4n) is 1.43. The number of rotatable bonds is 4. The highest BCUT2D eigenvalue weighted by Crippen LogP contribution is 2.15. The molecule has 0 heterocycles. The molecule has 0 aliphatic rings. The Morgan fingerprint density at radius 3 is 2.29 bits per heavy atom. The van der Waals surface area contributed by atoms with Gasteiger partial charge in [-0.15, -0.1) is 0 Å². The van der Waals surface area contributed by atoms with Crippen LogP contribution in [-0.2, 0) is 14.9 Å². The van der Waals surface area contributed by atoms with Crippen LogP contribution in [-0.4, -0.2) is 14.4 Å². The van der Waals surface area contributed by atoms with Crippen LogP contribution >= 0.6 is 23.2 Å². The molecule has 2 aromatic carbocycles. The van der Waals surface area contributed by atoms with Crippen molar-refractivity contribution in [2.45, 2.75) is 4.90 Å². The van der Waals surface area contributed by atoms with Crippen molar-refractivity contribution in [3.8, 4) is 0 Å². The fourth-order valence-corrected chi connectivity index (χ4v) is 2.52. The quantitative estimate of drug-likeness (QED) is 0.864. The summed E-state index contributed by atoms with van der Waals surface area (Å²) in [6.07, 6.45) is 0. The molecule has 0 aromatic heterocycles. The van der Waals surface area contributed by atoms with Crippen LogP contribution in [0.1, 0.15) is 10.4 Å². The van der Waals surface area contributed by atoms with Crippen molar-refractivity contribution in [2.75, 3.05) is 0 Å². The molecular weight excluding hydrogens is 337 g/mol. The van der Waals surface area contributed by atoms with Gasteiger partial charge in [-0.2, -0.15) is 0 Å². The Balaban J connectivity index is 2.08. The van der Waals surface area contributed by atoms with E-state index in [1.165, 1.54) is 36.4 Å². The monoisotopic (exact) mass is 345 g/mol. The van der Waals surface area contributed by atoms with Crippen LogP contribution in [0.3, 0.4) is 0 Å². The average Bonchev–Trinajstić information content (AvgIpc) is 2.45. The Morgan fingerprint density at radius 1 is 1.00 bits per heavy atom. The Labute approximate surface area is 131 Å². The number of sulfonamides is 1. The van der Waals surface area contributed by atoms with E-state index in [-0.39, 0.29) is 10.5 Å². The minimum absolute atomic E-state index is 0.0780. The van der Waals surface area contributed by atoms with E-state index in [4.69, 9.17) is 23.2 Å². The number of hydrogen-bond donors (Lipinski definition) is 1. The molecule has 0 bridgehead atoms. The minimum atomic E-state index is -3.97. The van der Waals surface area contributed by atoms with Gasteiger partial charge in [0.1, 0.15) is 0 Å². The van der Waals surface area contributed by atoms with Crippen LogP contribution in [0.25, 0.3) is 0 Å². The van der Waals surface area contributed by atoms with Crippen molar-refractivity contribution in [1.82, 2.24) is 4.89 Å². The molecule has 0 saturated heterocycles. The highest BCUT2D eigenvalue weighted by molar-refractivity contribution is 7.89. The lowest BCUT2D eigenvalue weighted by Gasteiger charge is -2.07. The molecule has 0 aliphatic heterocycles. The van der Waals surface area contributed by atoms with Gasteiger partial charge in [0.25, 0.3) is 10.0 Å². The highest BCUT2D eigenvalue weighted by atomic mass is 35.5. The van der Waals surface area contributed by atoms with Crippen LogP contribution in [0.4, 0.5) is 0 Å². The molecule has 2 rings (SSSR count). The van der Waals surface area contributed by atoms with Gasteiger partial charge in [0.2, 0.25) is 0 Å². The van der Waals surface area contributed by atoms with E-state index in [9.17, 15) is 13.2 Å². The Morgan fingerprint density at radius 2 is 1.67 bits per heavy atom. The normalized spacial score (nSPS) is 11.1. The maximum Gasteiger partial charge on any atom is 0.357 e. The number of benzene rings is 2. The molecule has 0 spiro atoms. The van der Waals surface area contributed by atoms with Gasteiger partial charge < -0.3 is 4.84 Å². The first-order chi connectivity index (χ1) is 9.88. The second-order valence-electron chi connectivity index (χ2n) is 3.94. The van der Waals surface area contributed by atoms with E-state index in [1.807, 2.05) is 0 Å². The number of nitrogens with one attached hydrogen (secondary N) is 1. The van der Waals surface area contributed by atoms with Crippen molar-refractivity contribution >= 4 is 39.2 Å². The maximum absolute atomic E-state index is 11.9. The summed E-state index contributed by atoms with van der Waals surface area (Å²) >= 11 is 11.4. The molecule has 1 N–H and O–H groups in total. The van der Waals surface area contributed by atoms with E-state index in [0.717, 1.165) is 0 Å². The molecule has 0 fully saturated rings. The lowest BCUT2D eigenvalue weighted by atomic mass is 10.2. The average molecular weight is 346 g/mol. The smallest absolute Gasteiger partial charge is 0.351 e. The Bertz CT molecular complexity index is 760. The predicted octanol–water partition coefficient (Wildman–Crippen LogP) is 3.04. The summed E-state index contributed by atoms with van der Waals surface area (Å²) in [5.74, 6) is -0.866. The van der Waals surface area contributed by atoms with Crippen molar-refractivity contribution < 1.29 is 18.0 Å². The highest BCUT2D eigenvalue weighted by Gasteiger charge is 2.17. The Hall–Kier alpha value is -1.60. The van der Waals surface area contributed by atoms with Crippen molar-refractivity contribution in [3.05, 3.63) is 64.1 Å². The van der Waals surface area contributed by atoms with Crippen molar-refractivity contribution in [3.63, 3.8) is 0 Å². The Kier molecular flexibility index (Phi) is 4.84. The summed E-state index contributed by atoms with van der Waals surface area (Å²) in [6, 6.07) is 11.3. The number of carbonyl (C=O) groups excluding carboxylic acids is 1. The van der Waals surface area contributed by atoms with E-state index in [0.29, 0.717) is 10.0 Å². The summed E-state index contributed by atoms with van der Waals surface area (Å²) in [6.45, 7) is 0. The number of halogens is 2. The summed E-state index contributed by atoms with van der Waals surface area (Å²) in [5.41, 5.74) is 0.126. The first kappa shape index (κ1) is 15.8.